The maximum absolute atomic E-state index is 10.4. The molecule has 66 valence electrons. The predicted octanol–water partition coefficient (Wildman–Crippen LogP) is 2.50. The van der Waals surface area contributed by atoms with E-state index in [2.05, 4.69) is 15.9 Å². The first-order valence-electron chi connectivity index (χ1n) is 3.24. The van der Waals surface area contributed by atoms with Gasteiger partial charge in [0.2, 0.25) is 0 Å². The van der Waals surface area contributed by atoms with E-state index < -0.39 is 5.97 Å². The fourth-order valence-electron chi connectivity index (χ4n) is 0.690. The number of rotatable bonds is 2. The number of carboxylic acid groups (broad SMARTS) is 1. The predicted molar refractivity (Wildman–Crippen MR) is 53.2 cm³/mol. The molecule has 5 heteroatoms. The zero-order valence-corrected chi connectivity index (χ0v) is 8.72. The Labute approximate surface area is 87.1 Å². The van der Waals surface area contributed by atoms with E-state index in [0.717, 1.165) is 8.66 Å². The molecule has 1 aromatic heterocycles. The Bertz CT molecular complexity index is 403. The molecule has 0 spiro atoms. The van der Waals surface area contributed by atoms with E-state index in [9.17, 15) is 4.79 Å². The summed E-state index contributed by atoms with van der Waals surface area (Å²) in [5, 5.41) is 17.0. The first kappa shape index (κ1) is 9.96. The topological polar surface area (TPSA) is 61.1 Å². The van der Waals surface area contributed by atoms with E-state index in [4.69, 9.17) is 10.4 Å². The van der Waals surface area contributed by atoms with Gasteiger partial charge in [-0.1, -0.05) is 0 Å². The van der Waals surface area contributed by atoms with Gasteiger partial charge in [-0.3, -0.25) is 0 Å². The number of hydrogen-bond acceptors (Lipinski definition) is 3. The van der Waals surface area contributed by atoms with Crippen LogP contribution in [0.3, 0.4) is 0 Å². The standard InChI is InChI=1S/C8H4BrNO2S/c9-7-2-1-6(13-7)3-5(4-10)8(11)12/h1-3H,(H,11,12)/b5-3-. The Hall–Kier alpha value is -1.12. The van der Waals surface area contributed by atoms with E-state index in [-0.39, 0.29) is 5.57 Å². The van der Waals surface area contributed by atoms with Gasteiger partial charge in [-0.05, 0) is 34.1 Å². The minimum Gasteiger partial charge on any atom is -0.477 e. The van der Waals surface area contributed by atoms with Crippen molar-refractivity contribution in [3.63, 3.8) is 0 Å². The van der Waals surface area contributed by atoms with Crippen LogP contribution in [0.25, 0.3) is 6.08 Å². The summed E-state index contributed by atoms with van der Waals surface area (Å²) in [5.41, 5.74) is -0.255. The van der Waals surface area contributed by atoms with Crippen LogP contribution in [-0.4, -0.2) is 11.1 Å². The molecule has 1 heterocycles. The van der Waals surface area contributed by atoms with Crippen molar-refractivity contribution in [1.82, 2.24) is 0 Å². The monoisotopic (exact) mass is 257 g/mol. The van der Waals surface area contributed by atoms with Gasteiger partial charge in [-0.15, -0.1) is 11.3 Å². The number of thiophene rings is 1. The molecular formula is C8H4BrNO2S. The van der Waals surface area contributed by atoms with Gasteiger partial charge in [0.1, 0.15) is 11.6 Å². The SMILES string of the molecule is N#C/C(=C/c1ccc(Br)s1)C(=O)O. The van der Waals surface area contributed by atoms with Crippen molar-refractivity contribution in [3.8, 4) is 6.07 Å². The van der Waals surface area contributed by atoms with Gasteiger partial charge in [0.05, 0.1) is 3.79 Å². The summed E-state index contributed by atoms with van der Waals surface area (Å²) in [4.78, 5) is 11.2. The fraction of sp³-hybridized carbons (Fsp3) is 0. The maximum Gasteiger partial charge on any atom is 0.346 e. The summed E-state index contributed by atoms with van der Waals surface area (Å²) in [6.45, 7) is 0. The highest BCUT2D eigenvalue weighted by atomic mass is 79.9. The van der Waals surface area contributed by atoms with Gasteiger partial charge in [0.25, 0.3) is 0 Å². The van der Waals surface area contributed by atoms with E-state index in [0.29, 0.717) is 0 Å². The smallest absolute Gasteiger partial charge is 0.346 e. The van der Waals surface area contributed by atoms with Crippen LogP contribution >= 0.6 is 27.3 Å². The highest BCUT2D eigenvalue weighted by molar-refractivity contribution is 9.11. The van der Waals surface area contributed by atoms with Crippen molar-refractivity contribution in [3.05, 3.63) is 26.4 Å². The highest BCUT2D eigenvalue weighted by Crippen LogP contribution is 2.23. The zero-order chi connectivity index (χ0) is 9.84. The molecule has 0 saturated carbocycles. The van der Waals surface area contributed by atoms with Crippen molar-refractivity contribution < 1.29 is 9.90 Å². The molecule has 0 fully saturated rings. The maximum atomic E-state index is 10.4. The number of nitrogens with zero attached hydrogens (tertiary/aromatic N) is 1. The highest BCUT2D eigenvalue weighted by Gasteiger charge is 2.06. The van der Waals surface area contributed by atoms with Gasteiger partial charge in [0, 0.05) is 4.88 Å². The zero-order valence-electron chi connectivity index (χ0n) is 6.32. The van der Waals surface area contributed by atoms with Crippen molar-refractivity contribution in [2.24, 2.45) is 0 Å². The second-order valence-corrected chi connectivity index (χ2v) is 4.61. The Morgan fingerprint density at radius 3 is 2.77 bits per heavy atom. The minimum atomic E-state index is -1.20. The lowest BCUT2D eigenvalue weighted by Crippen LogP contribution is -1.96. The molecule has 0 saturated heterocycles. The molecule has 0 unspecified atom stereocenters. The molecule has 13 heavy (non-hydrogen) atoms. The van der Waals surface area contributed by atoms with Crippen LogP contribution < -0.4 is 0 Å². The molecule has 0 bridgehead atoms. The average molecular weight is 258 g/mol. The molecular weight excluding hydrogens is 254 g/mol. The first-order valence-corrected chi connectivity index (χ1v) is 4.85. The molecule has 0 amide bonds. The Morgan fingerprint density at radius 1 is 1.69 bits per heavy atom. The summed E-state index contributed by atoms with van der Waals surface area (Å²) < 4.78 is 0.904. The van der Waals surface area contributed by atoms with Gasteiger partial charge >= 0.3 is 5.97 Å². The quantitative estimate of drug-likeness (QED) is 0.654. The summed E-state index contributed by atoms with van der Waals surface area (Å²) in [6, 6.07) is 5.16. The molecule has 0 atom stereocenters. The molecule has 0 aromatic carbocycles. The lowest BCUT2D eigenvalue weighted by atomic mass is 10.2. The van der Waals surface area contributed by atoms with Crippen molar-refractivity contribution in [2.45, 2.75) is 0 Å². The molecule has 1 N–H and O–H groups in total. The number of hydrogen-bond donors (Lipinski definition) is 1. The van der Waals surface area contributed by atoms with Crippen molar-refractivity contribution >= 4 is 39.3 Å². The van der Waals surface area contributed by atoms with Crippen LogP contribution in [0.4, 0.5) is 0 Å². The second-order valence-electron chi connectivity index (χ2n) is 2.12. The molecule has 0 aliphatic heterocycles. The second kappa shape index (κ2) is 4.21. The number of aliphatic carboxylic acids is 1. The van der Waals surface area contributed by atoms with E-state index >= 15 is 0 Å². The number of halogens is 1. The van der Waals surface area contributed by atoms with E-state index in [1.807, 2.05) is 0 Å². The third-order valence-corrected chi connectivity index (χ3v) is 2.80. The van der Waals surface area contributed by atoms with Gasteiger partial charge in [0.15, 0.2) is 0 Å². The normalized spacial score (nSPS) is 10.9. The minimum absolute atomic E-state index is 0.255. The third kappa shape index (κ3) is 2.68. The van der Waals surface area contributed by atoms with Crippen molar-refractivity contribution in [2.75, 3.05) is 0 Å². The number of nitriles is 1. The van der Waals surface area contributed by atoms with E-state index in [1.54, 1.807) is 18.2 Å². The molecule has 1 rings (SSSR count). The summed E-state index contributed by atoms with van der Waals surface area (Å²) in [7, 11) is 0. The third-order valence-electron chi connectivity index (χ3n) is 1.23. The van der Waals surface area contributed by atoms with Gasteiger partial charge < -0.3 is 5.11 Å². The van der Waals surface area contributed by atoms with Gasteiger partial charge in [-0.2, -0.15) is 5.26 Å². The van der Waals surface area contributed by atoms with Crippen LogP contribution in [0.15, 0.2) is 21.5 Å². The summed E-state index contributed by atoms with van der Waals surface area (Å²) in [5.74, 6) is -1.20. The molecule has 1 aromatic rings. The molecule has 0 aliphatic rings. The van der Waals surface area contributed by atoms with Crippen molar-refractivity contribution in [1.29, 1.82) is 5.26 Å². The Kier molecular flexibility index (Phi) is 3.23. The summed E-state index contributed by atoms with van der Waals surface area (Å²) in [6.07, 6.45) is 1.34. The lowest BCUT2D eigenvalue weighted by Gasteiger charge is -1.86. The van der Waals surface area contributed by atoms with Crippen LogP contribution in [0.1, 0.15) is 4.88 Å². The van der Waals surface area contributed by atoms with Gasteiger partial charge in [-0.25, -0.2) is 4.79 Å². The first-order chi connectivity index (χ1) is 6.13. The van der Waals surface area contributed by atoms with Crippen LogP contribution in [-0.2, 0) is 4.79 Å². The van der Waals surface area contributed by atoms with E-state index in [1.165, 1.54) is 17.4 Å². The Balaban J connectivity index is 3.00. The molecule has 3 nitrogen and oxygen atoms in total. The number of carbonyl (C=O) groups is 1. The van der Waals surface area contributed by atoms with Crippen LogP contribution in [0.2, 0.25) is 0 Å². The fourth-order valence-corrected chi connectivity index (χ4v) is 2.06. The summed E-state index contributed by atoms with van der Waals surface area (Å²) >= 11 is 4.61. The number of carboxylic acids is 1. The molecule has 0 radical (unpaired) electrons. The lowest BCUT2D eigenvalue weighted by molar-refractivity contribution is -0.132. The molecule has 0 aliphatic carbocycles. The largest absolute Gasteiger partial charge is 0.477 e. The average Bonchev–Trinajstić information content (AvgIpc) is 2.46. The van der Waals surface area contributed by atoms with Crippen LogP contribution in [0, 0.1) is 11.3 Å². The van der Waals surface area contributed by atoms with Crippen LogP contribution in [0.5, 0.6) is 0 Å². The Morgan fingerprint density at radius 2 is 2.38 bits per heavy atom.